The van der Waals surface area contributed by atoms with Crippen LogP contribution in [0, 0.1) is 18.7 Å². The summed E-state index contributed by atoms with van der Waals surface area (Å²) in [5, 5.41) is 10.9. The molecule has 0 aliphatic heterocycles. The number of aliphatic hydroxyl groups excluding tert-OH is 1. The van der Waals surface area contributed by atoms with E-state index in [1.807, 2.05) is 27.1 Å². The number of rotatable bonds is 3. The molecule has 0 amide bonds. The second-order valence-electron chi connectivity index (χ2n) is 6.64. The fourth-order valence-electron chi connectivity index (χ4n) is 3.46. The molecule has 3 heteroatoms. The Bertz CT molecular complexity index is 444. The minimum Gasteiger partial charge on any atom is -0.386 e. The topological polar surface area (TPSA) is 23.5 Å². The quantitative estimate of drug-likeness (QED) is 0.912. The Morgan fingerprint density at radius 3 is 2.35 bits per heavy atom. The van der Waals surface area contributed by atoms with Gasteiger partial charge in [0, 0.05) is 0 Å². The Labute approximate surface area is 121 Å². The summed E-state index contributed by atoms with van der Waals surface area (Å²) in [7, 11) is 4.04. The van der Waals surface area contributed by atoms with Crippen LogP contribution in [0.1, 0.15) is 49.8 Å². The molecule has 0 aromatic heterocycles. The van der Waals surface area contributed by atoms with Gasteiger partial charge in [-0.15, -0.1) is 0 Å². The van der Waals surface area contributed by atoms with Crippen molar-refractivity contribution >= 4 is 0 Å². The third kappa shape index (κ3) is 2.89. The molecule has 1 fully saturated rings. The van der Waals surface area contributed by atoms with Gasteiger partial charge in [0.15, 0.2) is 0 Å². The molecule has 1 aromatic carbocycles. The fraction of sp³-hybridized carbons (Fsp3) is 0.647. The molecular weight excluding hydrogens is 253 g/mol. The summed E-state index contributed by atoms with van der Waals surface area (Å²) < 4.78 is 13.6. The lowest BCUT2D eigenvalue weighted by molar-refractivity contribution is -0.0409. The highest BCUT2D eigenvalue weighted by atomic mass is 19.1. The van der Waals surface area contributed by atoms with Crippen molar-refractivity contribution in [3.63, 3.8) is 0 Å². The van der Waals surface area contributed by atoms with Crippen molar-refractivity contribution in [1.29, 1.82) is 0 Å². The number of nitrogens with zero attached hydrogens (tertiary/aromatic N) is 1. The molecule has 1 aliphatic carbocycles. The van der Waals surface area contributed by atoms with Crippen molar-refractivity contribution in [2.45, 2.75) is 51.2 Å². The van der Waals surface area contributed by atoms with E-state index < -0.39 is 6.10 Å². The molecule has 2 rings (SSSR count). The number of hydrogen-bond acceptors (Lipinski definition) is 2. The number of halogens is 1. The summed E-state index contributed by atoms with van der Waals surface area (Å²) in [6.07, 6.45) is 3.50. The van der Waals surface area contributed by atoms with Crippen LogP contribution in [0.4, 0.5) is 4.39 Å². The van der Waals surface area contributed by atoms with Gasteiger partial charge in [0.2, 0.25) is 0 Å². The normalized spacial score (nSPS) is 28.6. The van der Waals surface area contributed by atoms with E-state index in [1.54, 1.807) is 0 Å². The highest BCUT2D eigenvalue weighted by Gasteiger charge is 2.43. The van der Waals surface area contributed by atoms with Crippen LogP contribution in [-0.4, -0.2) is 29.6 Å². The Morgan fingerprint density at radius 1 is 1.25 bits per heavy atom. The van der Waals surface area contributed by atoms with Gasteiger partial charge in [0.05, 0.1) is 11.6 Å². The Hall–Kier alpha value is -0.930. The van der Waals surface area contributed by atoms with Crippen LogP contribution in [0.25, 0.3) is 0 Å². The largest absolute Gasteiger partial charge is 0.386 e. The van der Waals surface area contributed by atoms with E-state index in [4.69, 9.17) is 0 Å². The molecule has 1 atom stereocenters. The van der Waals surface area contributed by atoms with E-state index in [-0.39, 0.29) is 11.4 Å². The molecule has 0 saturated heterocycles. The molecule has 1 saturated carbocycles. The molecule has 0 bridgehead atoms. The molecule has 1 unspecified atom stereocenters. The van der Waals surface area contributed by atoms with E-state index in [2.05, 4.69) is 11.8 Å². The van der Waals surface area contributed by atoms with Crippen LogP contribution in [-0.2, 0) is 0 Å². The lowest BCUT2D eigenvalue weighted by atomic mass is 9.71. The van der Waals surface area contributed by atoms with E-state index in [0.717, 1.165) is 31.2 Å². The SMILES string of the molecule is Cc1cc(F)cc(C(O)C2(N(C)C)CCC(C)CC2)c1. The first kappa shape index (κ1) is 15.5. The summed E-state index contributed by atoms with van der Waals surface area (Å²) in [5.74, 6) is 0.446. The van der Waals surface area contributed by atoms with Gasteiger partial charge >= 0.3 is 0 Å². The first-order chi connectivity index (χ1) is 9.35. The van der Waals surface area contributed by atoms with Gasteiger partial charge in [-0.05, 0) is 75.9 Å². The van der Waals surface area contributed by atoms with Gasteiger partial charge in [-0.1, -0.05) is 13.0 Å². The summed E-state index contributed by atoms with van der Waals surface area (Å²) in [4.78, 5) is 2.13. The van der Waals surface area contributed by atoms with Gasteiger partial charge in [0.25, 0.3) is 0 Å². The number of likely N-dealkylation sites (N-methyl/N-ethyl adjacent to an activating group) is 1. The molecule has 112 valence electrons. The third-order valence-electron chi connectivity index (χ3n) is 4.92. The Balaban J connectivity index is 2.34. The third-order valence-corrected chi connectivity index (χ3v) is 4.92. The Kier molecular flexibility index (Phi) is 4.50. The van der Waals surface area contributed by atoms with E-state index in [0.29, 0.717) is 11.5 Å². The van der Waals surface area contributed by atoms with Gasteiger partial charge in [-0.2, -0.15) is 0 Å². The summed E-state index contributed by atoms with van der Waals surface area (Å²) in [5.41, 5.74) is 1.29. The molecule has 1 N–H and O–H groups in total. The van der Waals surface area contributed by atoms with Crippen molar-refractivity contribution in [1.82, 2.24) is 4.90 Å². The zero-order valence-corrected chi connectivity index (χ0v) is 13.0. The summed E-state index contributed by atoms with van der Waals surface area (Å²) in [6, 6.07) is 4.87. The first-order valence-electron chi connectivity index (χ1n) is 7.48. The lowest BCUT2D eigenvalue weighted by Crippen LogP contribution is -2.51. The number of aliphatic hydroxyl groups is 1. The second kappa shape index (κ2) is 5.82. The zero-order chi connectivity index (χ0) is 14.9. The summed E-state index contributed by atoms with van der Waals surface area (Å²) >= 11 is 0. The minimum atomic E-state index is -0.639. The molecule has 2 nitrogen and oxygen atoms in total. The van der Waals surface area contributed by atoms with Crippen LogP contribution in [0.2, 0.25) is 0 Å². The van der Waals surface area contributed by atoms with Gasteiger partial charge < -0.3 is 10.0 Å². The maximum absolute atomic E-state index is 13.6. The smallest absolute Gasteiger partial charge is 0.123 e. The lowest BCUT2D eigenvalue weighted by Gasteiger charge is -2.47. The second-order valence-corrected chi connectivity index (χ2v) is 6.64. The average Bonchev–Trinajstić information content (AvgIpc) is 2.37. The van der Waals surface area contributed by atoms with E-state index >= 15 is 0 Å². The highest BCUT2D eigenvalue weighted by Crippen LogP contribution is 2.43. The van der Waals surface area contributed by atoms with Gasteiger partial charge in [-0.25, -0.2) is 4.39 Å². The van der Waals surface area contributed by atoms with E-state index in [9.17, 15) is 9.50 Å². The summed E-state index contributed by atoms with van der Waals surface area (Å²) in [6.45, 7) is 4.13. The average molecular weight is 279 g/mol. The minimum absolute atomic E-state index is 0.267. The molecule has 1 aliphatic rings. The molecule has 0 spiro atoms. The first-order valence-corrected chi connectivity index (χ1v) is 7.48. The zero-order valence-electron chi connectivity index (χ0n) is 13.0. The molecule has 1 aromatic rings. The van der Waals surface area contributed by atoms with Crippen LogP contribution >= 0.6 is 0 Å². The van der Waals surface area contributed by atoms with Crippen molar-refractivity contribution in [2.75, 3.05) is 14.1 Å². The van der Waals surface area contributed by atoms with Crippen molar-refractivity contribution < 1.29 is 9.50 Å². The predicted octanol–water partition coefficient (Wildman–Crippen LogP) is 3.68. The highest BCUT2D eigenvalue weighted by molar-refractivity contribution is 5.28. The van der Waals surface area contributed by atoms with Crippen molar-refractivity contribution in [3.05, 3.63) is 35.1 Å². The fourth-order valence-corrected chi connectivity index (χ4v) is 3.46. The predicted molar refractivity (Wildman–Crippen MR) is 80.1 cm³/mol. The molecular formula is C17H26FNO. The maximum atomic E-state index is 13.6. The monoisotopic (exact) mass is 279 g/mol. The number of hydrogen-bond donors (Lipinski definition) is 1. The Morgan fingerprint density at radius 2 is 1.85 bits per heavy atom. The van der Waals surface area contributed by atoms with Crippen LogP contribution in [0.5, 0.6) is 0 Å². The van der Waals surface area contributed by atoms with Crippen LogP contribution < -0.4 is 0 Å². The van der Waals surface area contributed by atoms with Crippen molar-refractivity contribution in [3.8, 4) is 0 Å². The standard InChI is InChI=1S/C17H26FNO/c1-12-5-7-17(8-6-12,19(3)4)16(20)14-9-13(2)10-15(18)11-14/h9-12,16,20H,5-8H2,1-4H3. The van der Waals surface area contributed by atoms with Crippen LogP contribution in [0.3, 0.4) is 0 Å². The number of aryl methyl sites for hydroxylation is 1. The molecule has 0 heterocycles. The maximum Gasteiger partial charge on any atom is 0.123 e. The molecule has 20 heavy (non-hydrogen) atoms. The van der Waals surface area contributed by atoms with Crippen LogP contribution in [0.15, 0.2) is 18.2 Å². The number of benzene rings is 1. The van der Waals surface area contributed by atoms with Gasteiger partial charge in [-0.3, -0.25) is 0 Å². The van der Waals surface area contributed by atoms with E-state index in [1.165, 1.54) is 12.1 Å². The van der Waals surface area contributed by atoms with Gasteiger partial charge in [0.1, 0.15) is 5.82 Å². The van der Waals surface area contributed by atoms with Crippen molar-refractivity contribution in [2.24, 2.45) is 5.92 Å². The molecule has 0 radical (unpaired) electrons.